The number of benzene rings is 1. The third-order valence-corrected chi connectivity index (χ3v) is 3.98. The van der Waals surface area contributed by atoms with Gasteiger partial charge in [-0.2, -0.15) is 11.8 Å². The van der Waals surface area contributed by atoms with E-state index in [4.69, 9.17) is 11.6 Å². The molecule has 1 atom stereocenters. The van der Waals surface area contributed by atoms with Crippen molar-refractivity contribution in [1.82, 2.24) is 0 Å². The first-order valence-corrected chi connectivity index (χ1v) is 6.62. The zero-order chi connectivity index (χ0) is 10.2. The summed E-state index contributed by atoms with van der Waals surface area (Å²) in [5, 5.41) is 0.590. The van der Waals surface area contributed by atoms with Crippen molar-refractivity contribution in [3.63, 3.8) is 0 Å². The van der Waals surface area contributed by atoms with E-state index in [1.165, 1.54) is 24.2 Å². The molecule has 0 heterocycles. The molecule has 0 aliphatic heterocycles. The first-order valence-electron chi connectivity index (χ1n) is 5.04. The molecule has 2 heteroatoms. The van der Waals surface area contributed by atoms with Crippen molar-refractivity contribution in [3.05, 3.63) is 35.9 Å². The lowest BCUT2D eigenvalue weighted by atomic mass is 10.1. The van der Waals surface area contributed by atoms with Gasteiger partial charge < -0.3 is 0 Å². The first-order chi connectivity index (χ1) is 6.83. The van der Waals surface area contributed by atoms with Crippen molar-refractivity contribution >= 4 is 23.4 Å². The summed E-state index contributed by atoms with van der Waals surface area (Å²) >= 11 is 7.69. The first kappa shape index (κ1) is 11.9. The monoisotopic (exact) mass is 228 g/mol. The second-order valence-corrected chi connectivity index (χ2v) is 5.28. The summed E-state index contributed by atoms with van der Waals surface area (Å²) in [4.78, 5) is 0. The van der Waals surface area contributed by atoms with E-state index in [-0.39, 0.29) is 0 Å². The molecule has 0 nitrogen and oxygen atoms in total. The van der Waals surface area contributed by atoms with Crippen molar-refractivity contribution in [1.29, 1.82) is 0 Å². The van der Waals surface area contributed by atoms with Crippen LogP contribution in [0, 0.1) is 0 Å². The van der Waals surface area contributed by atoms with Gasteiger partial charge in [0.15, 0.2) is 0 Å². The maximum absolute atomic E-state index is 5.73. The summed E-state index contributed by atoms with van der Waals surface area (Å²) in [6, 6.07) is 10.6. The number of halogens is 1. The zero-order valence-electron chi connectivity index (χ0n) is 8.58. The van der Waals surface area contributed by atoms with Gasteiger partial charge in [0.2, 0.25) is 0 Å². The summed E-state index contributed by atoms with van der Waals surface area (Å²) in [6.07, 6.45) is 2.43. The summed E-state index contributed by atoms with van der Waals surface area (Å²) in [5.74, 6) is 1.97. The number of alkyl halides is 1. The predicted molar refractivity (Wildman–Crippen MR) is 67.4 cm³/mol. The van der Waals surface area contributed by atoms with Gasteiger partial charge in [-0.15, -0.1) is 11.6 Å². The number of hydrogen-bond acceptors (Lipinski definition) is 1. The van der Waals surface area contributed by atoms with Crippen LogP contribution in [0.4, 0.5) is 0 Å². The molecule has 78 valence electrons. The van der Waals surface area contributed by atoms with Gasteiger partial charge in [0.1, 0.15) is 0 Å². The van der Waals surface area contributed by atoms with Gasteiger partial charge in [-0.25, -0.2) is 0 Å². The van der Waals surface area contributed by atoms with E-state index >= 15 is 0 Å². The number of thioether (sulfide) groups is 1. The molecule has 1 rings (SSSR count). The molecule has 1 aromatic carbocycles. The van der Waals surface area contributed by atoms with Crippen molar-refractivity contribution in [3.8, 4) is 0 Å². The summed E-state index contributed by atoms with van der Waals surface area (Å²) in [7, 11) is 0. The minimum atomic E-state index is 0.590. The molecule has 0 aliphatic rings. The fraction of sp³-hybridized carbons (Fsp3) is 0.500. The minimum Gasteiger partial charge on any atom is -0.158 e. The Bertz CT molecular complexity index is 235. The molecular weight excluding hydrogens is 212 g/mol. The molecule has 0 saturated carbocycles. The maximum atomic E-state index is 5.73. The molecule has 0 radical (unpaired) electrons. The van der Waals surface area contributed by atoms with Crippen LogP contribution in [-0.4, -0.2) is 16.9 Å². The normalized spacial score (nSPS) is 12.7. The van der Waals surface area contributed by atoms with E-state index in [1.807, 2.05) is 11.8 Å². The Morgan fingerprint density at radius 1 is 1.29 bits per heavy atom. The van der Waals surface area contributed by atoms with Gasteiger partial charge in [0.05, 0.1) is 0 Å². The minimum absolute atomic E-state index is 0.590. The Morgan fingerprint density at radius 3 is 2.64 bits per heavy atom. The van der Waals surface area contributed by atoms with E-state index in [0.717, 1.165) is 5.88 Å². The highest BCUT2D eigenvalue weighted by Gasteiger charge is 1.99. The lowest BCUT2D eigenvalue weighted by Crippen LogP contribution is -1.99. The average molecular weight is 229 g/mol. The number of aryl methyl sites for hydroxylation is 1. The Balaban J connectivity index is 2.10. The standard InChI is InChI=1S/C12H17ClS/c1-11(10-13)14-9-5-8-12-6-3-2-4-7-12/h2-4,6-7,11H,5,8-10H2,1H3. The molecule has 0 bridgehead atoms. The largest absolute Gasteiger partial charge is 0.158 e. The molecule has 0 amide bonds. The van der Waals surface area contributed by atoms with Crippen LogP contribution in [0.1, 0.15) is 18.9 Å². The van der Waals surface area contributed by atoms with Crippen LogP contribution in [0.15, 0.2) is 30.3 Å². The molecular formula is C12H17ClS. The van der Waals surface area contributed by atoms with E-state index in [9.17, 15) is 0 Å². The van der Waals surface area contributed by atoms with E-state index in [0.29, 0.717) is 5.25 Å². The lowest BCUT2D eigenvalue weighted by molar-refractivity contribution is 0.928. The van der Waals surface area contributed by atoms with Gasteiger partial charge in [-0.1, -0.05) is 37.3 Å². The van der Waals surface area contributed by atoms with Crippen LogP contribution in [0.5, 0.6) is 0 Å². The molecule has 1 aromatic rings. The smallest absolute Gasteiger partial charge is 0.0339 e. The molecule has 0 spiro atoms. The maximum Gasteiger partial charge on any atom is 0.0339 e. The topological polar surface area (TPSA) is 0 Å². The van der Waals surface area contributed by atoms with Crippen molar-refractivity contribution in [2.24, 2.45) is 0 Å². The third-order valence-electron chi connectivity index (χ3n) is 2.07. The van der Waals surface area contributed by atoms with Crippen molar-refractivity contribution < 1.29 is 0 Å². The highest BCUT2D eigenvalue weighted by molar-refractivity contribution is 7.99. The van der Waals surface area contributed by atoms with Gasteiger partial charge in [-0.05, 0) is 24.2 Å². The Hall–Kier alpha value is -0.140. The van der Waals surface area contributed by atoms with E-state index in [1.54, 1.807) is 0 Å². The van der Waals surface area contributed by atoms with Gasteiger partial charge in [0, 0.05) is 11.1 Å². The molecule has 0 saturated heterocycles. The zero-order valence-corrected chi connectivity index (χ0v) is 10.2. The van der Waals surface area contributed by atoms with E-state index < -0.39 is 0 Å². The van der Waals surface area contributed by atoms with Gasteiger partial charge >= 0.3 is 0 Å². The number of hydrogen-bond donors (Lipinski definition) is 0. The van der Waals surface area contributed by atoms with Crippen LogP contribution in [-0.2, 0) is 6.42 Å². The molecule has 1 unspecified atom stereocenters. The van der Waals surface area contributed by atoms with Gasteiger partial charge in [0.25, 0.3) is 0 Å². The van der Waals surface area contributed by atoms with Crippen LogP contribution in [0.2, 0.25) is 0 Å². The summed E-state index contributed by atoms with van der Waals surface area (Å²) in [5.41, 5.74) is 1.44. The Morgan fingerprint density at radius 2 is 2.00 bits per heavy atom. The van der Waals surface area contributed by atoms with Crippen LogP contribution >= 0.6 is 23.4 Å². The third kappa shape index (κ3) is 4.92. The SMILES string of the molecule is CC(CCl)SCCCc1ccccc1. The molecule has 0 aliphatic carbocycles. The predicted octanol–water partition coefficient (Wildman–Crippen LogP) is 3.98. The quantitative estimate of drug-likeness (QED) is 0.524. The molecule has 0 fully saturated rings. The second kappa shape index (κ2) is 7.19. The van der Waals surface area contributed by atoms with E-state index in [2.05, 4.69) is 37.3 Å². The van der Waals surface area contributed by atoms with Crippen LogP contribution in [0.3, 0.4) is 0 Å². The highest BCUT2D eigenvalue weighted by atomic mass is 35.5. The summed E-state index contributed by atoms with van der Waals surface area (Å²) in [6.45, 7) is 2.18. The molecule has 0 aromatic heterocycles. The highest BCUT2D eigenvalue weighted by Crippen LogP contribution is 2.14. The Kier molecular flexibility index (Phi) is 6.13. The molecule has 14 heavy (non-hydrogen) atoms. The van der Waals surface area contributed by atoms with Crippen LogP contribution in [0.25, 0.3) is 0 Å². The average Bonchev–Trinajstić information content (AvgIpc) is 2.25. The fourth-order valence-corrected chi connectivity index (χ4v) is 2.32. The Labute approximate surface area is 96.0 Å². The lowest BCUT2D eigenvalue weighted by Gasteiger charge is -2.06. The van der Waals surface area contributed by atoms with Gasteiger partial charge in [-0.3, -0.25) is 0 Å². The second-order valence-electron chi connectivity index (χ2n) is 3.42. The van der Waals surface area contributed by atoms with Crippen LogP contribution < -0.4 is 0 Å². The van der Waals surface area contributed by atoms with Crippen molar-refractivity contribution in [2.75, 3.05) is 11.6 Å². The molecule has 0 N–H and O–H groups in total. The fourth-order valence-electron chi connectivity index (χ4n) is 1.25. The summed E-state index contributed by atoms with van der Waals surface area (Å²) < 4.78 is 0. The van der Waals surface area contributed by atoms with Crippen molar-refractivity contribution in [2.45, 2.75) is 25.0 Å². The number of rotatable bonds is 6.